The monoisotopic (exact) mass is 241 g/mol. The Balaban J connectivity index is 2.46. The van der Waals surface area contributed by atoms with Crippen molar-refractivity contribution >= 4 is 11.9 Å². The van der Waals surface area contributed by atoms with Gasteiger partial charge in [-0.3, -0.25) is 15.2 Å². The number of amides is 1. The minimum absolute atomic E-state index is 0.199. The Morgan fingerprint density at radius 2 is 2.35 bits per heavy atom. The number of nitrogens with two attached hydrogens (primary N) is 1. The molecular formula is C11H23N5O. The average molecular weight is 241 g/mol. The van der Waals surface area contributed by atoms with E-state index in [1.807, 2.05) is 7.05 Å². The van der Waals surface area contributed by atoms with Crippen LogP contribution in [-0.4, -0.2) is 42.9 Å². The van der Waals surface area contributed by atoms with E-state index in [1.165, 1.54) is 0 Å². The molecule has 1 fully saturated rings. The van der Waals surface area contributed by atoms with Gasteiger partial charge in [0.05, 0.1) is 0 Å². The first-order valence-electron chi connectivity index (χ1n) is 6.04. The normalized spacial score (nSPS) is 21.9. The third-order valence-electron chi connectivity index (χ3n) is 2.72. The zero-order chi connectivity index (χ0) is 12.8. The van der Waals surface area contributed by atoms with E-state index in [9.17, 15) is 4.79 Å². The van der Waals surface area contributed by atoms with E-state index < -0.39 is 0 Å². The Bertz CT molecular complexity index is 290. The third-order valence-corrected chi connectivity index (χ3v) is 2.72. The van der Waals surface area contributed by atoms with Crippen molar-refractivity contribution in [1.82, 2.24) is 15.6 Å². The Kier molecular flexibility index (Phi) is 5.21. The number of hydrogen-bond acceptors (Lipinski definition) is 3. The number of nitrogens with zero attached hydrogens (tertiary/aromatic N) is 2. The first-order valence-corrected chi connectivity index (χ1v) is 6.04. The van der Waals surface area contributed by atoms with Crippen molar-refractivity contribution in [2.24, 2.45) is 16.8 Å². The molecule has 17 heavy (non-hydrogen) atoms. The number of rotatable bonds is 3. The van der Waals surface area contributed by atoms with Gasteiger partial charge in [-0.05, 0) is 12.3 Å². The van der Waals surface area contributed by atoms with E-state index in [1.54, 1.807) is 4.90 Å². The van der Waals surface area contributed by atoms with Crippen LogP contribution in [0.2, 0.25) is 0 Å². The molecular weight excluding hydrogens is 218 g/mol. The van der Waals surface area contributed by atoms with Crippen molar-refractivity contribution in [3.05, 3.63) is 0 Å². The number of carbonyl (C=O) groups is 1. The van der Waals surface area contributed by atoms with Crippen molar-refractivity contribution < 1.29 is 4.79 Å². The fraction of sp³-hybridized carbons (Fsp3) is 0.818. The quantitative estimate of drug-likeness (QED) is 0.273. The summed E-state index contributed by atoms with van der Waals surface area (Å²) in [6.07, 6.45) is 1.40. The molecule has 1 saturated heterocycles. The van der Waals surface area contributed by atoms with E-state index in [0.29, 0.717) is 24.8 Å². The maximum Gasteiger partial charge on any atom is 0.222 e. The summed E-state index contributed by atoms with van der Waals surface area (Å²) in [5.41, 5.74) is 2.57. The molecule has 1 aliphatic heterocycles. The summed E-state index contributed by atoms with van der Waals surface area (Å²) in [4.78, 5) is 17.4. The van der Waals surface area contributed by atoms with Crippen LogP contribution in [0.3, 0.4) is 0 Å². The first kappa shape index (κ1) is 13.8. The number of carbonyl (C=O) groups excluding carboxylic acids is 1. The molecule has 1 heterocycles. The van der Waals surface area contributed by atoms with Gasteiger partial charge < -0.3 is 10.2 Å². The molecule has 1 rings (SSSR count). The standard InChI is InChI=1S/C11H23N5O/c1-8(2)6-13-11(15-12)14-9-4-5-10(17)16(3)7-9/h8-9H,4-7,12H2,1-3H3,(H2,13,14,15). The third kappa shape index (κ3) is 4.60. The molecule has 0 radical (unpaired) electrons. The van der Waals surface area contributed by atoms with Crippen LogP contribution < -0.4 is 16.6 Å². The number of aliphatic imine (C=N–C) groups is 1. The zero-order valence-corrected chi connectivity index (χ0v) is 10.9. The smallest absolute Gasteiger partial charge is 0.222 e. The molecule has 0 saturated carbocycles. The van der Waals surface area contributed by atoms with Crippen molar-refractivity contribution in [3.8, 4) is 0 Å². The van der Waals surface area contributed by atoms with Crippen LogP contribution in [-0.2, 0) is 4.79 Å². The molecule has 4 N–H and O–H groups in total. The molecule has 6 nitrogen and oxygen atoms in total. The molecule has 6 heteroatoms. The maximum atomic E-state index is 11.3. The highest BCUT2D eigenvalue weighted by Crippen LogP contribution is 2.09. The van der Waals surface area contributed by atoms with Gasteiger partial charge in [-0.1, -0.05) is 13.8 Å². The second-order valence-electron chi connectivity index (χ2n) is 4.88. The molecule has 98 valence electrons. The lowest BCUT2D eigenvalue weighted by Crippen LogP contribution is -2.53. The van der Waals surface area contributed by atoms with Gasteiger partial charge in [0.25, 0.3) is 0 Å². The number of hydrazine groups is 1. The van der Waals surface area contributed by atoms with Gasteiger partial charge in [-0.2, -0.15) is 0 Å². The topological polar surface area (TPSA) is 82.7 Å². The van der Waals surface area contributed by atoms with Crippen molar-refractivity contribution in [3.63, 3.8) is 0 Å². The summed E-state index contributed by atoms with van der Waals surface area (Å²) in [5.74, 6) is 6.71. The summed E-state index contributed by atoms with van der Waals surface area (Å²) in [5, 5.41) is 3.23. The summed E-state index contributed by atoms with van der Waals surface area (Å²) < 4.78 is 0. The predicted octanol–water partition coefficient (Wildman–Crippen LogP) is -0.328. The lowest BCUT2D eigenvalue weighted by atomic mass is 10.1. The van der Waals surface area contributed by atoms with Crippen LogP contribution in [0.5, 0.6) is 0 Å². The van der Waals surface area contributed by atoms with Gasteiger partial charge in [-0.15, -0.1) is 0 Å². The number of likely N-dealkylation sites (tertiary alicyclic amines) is 1. The van der Waals surface area contributed by atoms with Gasteiger partial charge in [0.2, 0.25) is 11.9 Å². The van der Waals surface area contributed by atoms with Gasteiger partial charge in [0.15, 0.2) is 0 Å². The van der Waals surface area contributed by atoms with Gasteiger partial charge in [0.1, 0.15) is 0 Å². The molecule has 0 aromatic heterocycles. The number of piperidine rings is 1. The zero-order valence-electron chi connectivity index (χ0n) is 10.9. The Morgan fingerprint density at radius 1 is 1.65 bits per heavy atom. The van der Waals surface area contributed by atoms with E-state index in [0.717, 1.165) is 13.0 Å². The van der Waals surface area contributed by atoms with Gasteiger partial charge >= 0.3 is 0 Å². The first-order chi connectivity index (χ1) is 8.02. The molecule has 0 spiro atoms. The minimum Gasteiger partial charge on any atom is -0.351 e. The van der Waals surface area contributed by atoms with Crippen LogP contribution in [0.4, 0.5) is 0 Å². The molecule has 1 atom stereocenters. The highest BCUT2D eigenvalue weighted by atomic mass is 16.2. The van der Waals surface area contributed by atoms with Crippen LogP contribution in [0, 0.1) is 5.92 Å². The highest BCUT2D eigenvalue weighted by molar-refractivity contribution is 5.80. The number of likely N-dealkylation sites (N-methyl/N-ethyl adjacent to an activating group) is 1. The summed E-state index contributed by atoms with van der Waals surface area (Å²) in [7, 11) is 1.82. The van der Waals surface area contributed by atoms with Crippen molar-refractivity contribution in [1.29, 1.82) is 0 Å². The largest absolute Gasteiger partial charge is 0.351 e. The molecule has 0 aromatic carbocycles. The summed E-state index contributed by atoms with van der Waals surface area (Å²) >= 11 is 0. The fourth-order valence-corrected chi connectivity index (χ4v) is 1.73. The van der Waals surface area contributed by atoms with E-state index in [-0.39, 0.29) is 11.9 Å². The second-order valence-corrected chi connectivity index (χ2v) is 4.88. The summed E-state index contributed by atoms with van der Waals surface area (Å²) in [6.45, 7) is 5.63. The molecule has 0 aromatic rings. The van der Waals surface area contributed by atoms with E-state index in [4.69, 9.17) is 5.84 Å². The maximum absolute atomic E-state index is 11.3. The van der Waals surface area contributed by atoms with Crippen LogP contribution in [0.25, 0.3) is 0 Å². The molecule has 1 unspecified atom stereocenters. The highest BCUT2D eigenvalue weighted by Gasteiger charge is 2.23. The van der Waals surface area contributed by atoms with Crippen molar-refractivity contribution in [2.75, 3.05) is 20.1 Å². The van der Waals surface area contributed by atoms with Crippen LogP contribution in [0.1, 0.15) is 26.7 Å². The molecule has 0 bridgehead atoms. The molecule has 0 aliphatic carbocycles. The Labute approximate surface area is 103 Å². The fourth-order valence-electron chi connectivity index (χ4n) is 1.73. The Hall–Kier alpha value is -1.30. The van der Waals surface area contributed by atoms with E-state index >= 15 is 0 Å². The SMILES string of the molecule is CC(C)CN=C(NN)NC1CCC(=O)N(C)C1. The predicted molar refractivity (Wildman–Crippen MR) is 68.3 cm³/mol. The summed E-state index contributed by atoms with van der Waals surface area (Å²) in [6, 6.07) is 0.222. The Morgan fingerprint density at radius 3 is 2.88 bits per heavy atom. The second kappa shape index (κ2) is 6.44. The van der Waals surface area contributed by atoms with Gasteiger partial charge in [-0.25, -0.2) is 5.84 Å². The van der Waals surface area contributed by atoms with Crippen LogP contribution in [0.15, 0.2) is 4.99 Å². The van der Waals surface area contributed by atoms with Crippen LogP contribution >= 0.6 is 0 Å². The minimum atomic E-state index is 0.199. The number of nitrogens with one attached hydrogen (secondary N) is 2. The lowest BCUT2D eigenvalue weighted by molar-refractivity contribution is -0.132. The average Bonchev–Trinajstić information content (AvgIpc) is 2.28. The van der Waals surface area contributed by atoms with Crippen molar-refractivity contribution in [2.45, 2.75) is 32.7 Å². The van der Waals surface area contributed by atoms with E-state index in [2.05, 4.69) is 29.6 Å². The van der Waals surface area contributed by atoms with Gasteiger partial charge in [0, 0.05) is 32.6 Å². The number of hydrogen-bond donors (Lipinski definition) is 3. The lowest BCUT2D eigenvalue weighted by Gasteiger charge is -2.30. The molecule has 1 aliphatic rings. The molecule has 1 amide bonds. The number of guanidine groups is 1.